The standard InChI is InChI=1S/C9H17NO4/c1-5-7(13-3)8(6(2)11)10-9(12)14-4/h7-8H,5H2,1-4H3,(H,10,12)/t7-,8+/m0/s1. The summed E-state index contributed by atoms with van der Waals surface area (Å²) < 4.78 is 9.49. The summed E-state index contributed by atoms with van der Waals surface area (Å²) in [5.41, 5.74) is 0. The highest BCUT2D eigenvalue weighted by atomic mass is 16.5. The summed E-state index contributed by atoms with van der Waals surface area (Å²) in [5, 5.41) is 2.43. The molecule has 0 saturated carbocycles. The van der Waals surface area contributed by atoms with Crippen LogP contribution in [0.1, 0.15) is 20.3 Å². The van der Waals surface area contributed by atoms with Gasteiger partial charge >= 0.3 is 6.09 Å². The van der Waals surface area contributed by atoms with Crippen molar-refractivity contribution >= 4 is 11.9 Å². The molecule has 5 nitrogen and oxygen atoms in total. The van der Waals surface area contributed by atoms with Crippen molar-refractivity contribution in [1.82, 2.24) is 5.32 Å². The van der Waals surface area contributed by atoms with E-state index in [1.54, 1.807) is 0 Å². The van der Waals surface area contributed by atoms with Crippen molar-refractivity contribution in [3.8, 4) is 0 Å². The maximum atomic E-state index is 11.2. The van der Waals surface area contributed by atoms with Gasteiger partial charge < -0.3 is 14.8 Å². The van der Waals surface area contributed by atoms with Crippen molar-refractivity contribution < 1.29 is 19.1 Å². The number of rotatable bonds is 5. The highest BCUT2D eigenvalue weighted by Gasteiger charge is 2.25. The third-order valence-corrected chi connectivity index (χ3v) is 1.97. The van der Waals surface area contributed by atoms with Crippen molar-refractivity contribution in [2.45, 2.75) is 32.4 Å². The lowest BCUT2D eigenvalue weighted by Crippen LogP contribution is -2.48. The van der Waals surface area contributed by atoms with E-state index in [0.717, 1.165) is 0 Å². The van der Waals surface area contributed by atoms with Gasteiger partial charge in [-0.25, -0.2) is 4.79 Å². The predicted octanol–water partition coefficient (Wildman–Crippen LogP) is 0.725. The second-order valence-electron chi connectivity index (χ2n) is 2.91. The number of carbonyl (C=O) groups excluding carboxylic acids is 2. The monoisotopic (exact) mass is 203 g/mol. The molecule has 0 rings (SSSR count). The summed E-state index contributed by atoms with van der Waals surface area (Å²) in [6, 6.07) is -0.641. The Hall–Kier alpha value is -1.10. The number of methoxy groups -OCH3 is 2. The Labute approximate surface area is 83.8 Å². The molecule has 1 N–H and O–H groups in total. The van der Waals surface area contributed by atoms with Crippen molar-refractivity contribution in [3.05, 3.63) is 0 Å². The molecule has 14 heavy (non-hydrogen) atoms. The number of ketones is 1. The Kier molecular flexibility index (Phi) is 5.87. The number of hydrogen-bond acceptors (Lipinski definition) is 4. The molecular formula is C9H17NO4. The van der Waals surface area contributed by atoms with Crippen LogP contribution in [-0.2, 0) is 14.3 Å². The van der Waals surface area contributed by atoms with E-state index in [1.807, 2.05) is 6.92 Å². The summed E-state index contributed by atoms with van der Waals surface area (Å²) in [4.78, 5) is 22.1. The number of carbonyl (C=O) groups is 2. The van der Waals surface area contributed by atoms with Gasteiger partial charge in [0, 0.05) is 7.11 Å². The van der Waals surface area contributed by atoms with Gasteiger partial charge in [0.1, 0.15) is 6.04 Å². The fourth-order valence-corrected chi connectivity index (χ4v) is 1.18. The molecule has 0 aromatic rings. The molecule has 0 aliphatic carbocycles. The van der Waals surface area contributed by atoms with Crippen LogP contribution in [0, 0.1) is 0 Å². The molecule has 0 fully saturated rings. The van der Waals surface area contributed by atoms with Gasteiger partial charge in [-0.3, -0.25) is 4.79 Å². The zero-order valence-electron chi connectivity index (χ0n) is 8.99. The quantitative estimate of drug-likeness (QED) is 0.715. The summed E-state index contributed by atoms with van der Waals surface area (Å²) in [6.45, 7) is 3.28. The topological polar surface area (TPSA) is 64.6 Å². The summed E-state index contributed by atoms with van der Waals surface area (Å²) in [7, 11) is 2.75. The maximum absolute atomic E-state index is 11.2. The molecule has 0 spiro atoms. The van der Waals surface area contributed by atoms with Gasteiger partial charge in [-0.05, 0) is 13.3 Å². The van der Waals surface area contributed by atoms with Gasteiger partial charge in [-0.2, -0.15) is 0 Å². The van der Waals surface area contributed by atoms with Crippen LogP contribution in [-0.4, -0.2) is 38.2 Å². The summed E-state index contributed by atoms with van der Waals surface area (Å²) >= 11 is 0. The van der Waals surface area contributed by atoms with Gasteiger partial charge in [0.05, 0.1) is 13.2 Å². The van der Waals surface area contributed by atoms with Crippen LogP contribution < -0.4 is 5.32 Å². The Morgan fingerprint density at radius 2 is 1.93 bits per heavy atom. The van der Waals surface area contributed by atoms with E-state index >= 15 is 0 Å². The van der Waals surface area contributed by atoms with E-state index in [1.165, 1.54) is 21.1 Å². The first-order valence-electron chi connectivity index (χ1n) is 4.44. The van der Waals surface area contributed by atoms with E-state index in [9.17, 15) is 9.59 Å². The van der Waals surface area contributed by atoms with E-state index in [-0.39, 0.29) is 11.9 Å². The fourth-order valence-electron chi connectivity index (χ4n) is 1.18. The molecule has 5 heteroatoms. The molecule has 0 heterocycles. The number of alkyl carbamates (subject to hydrolysis) is 1. The number of ether oxygens (including phenoxy) is 2. The van der Waals surface area contributed by atoms with Gasteiger partial charge in [0.15, 0.2) is 5.78 Å². The Morgan fingerprint density at radius 1 is 1.36 bits per heavy atom. The van der Waals surface area contributed by atoms with E-state index in [4.69, 9.17) is 4.74 Å². The Balaban J connectivity index is 4.42. The average Bonchev–Trinajstić information content (AvgIpc) is 2.17. The minimum Gasteiger partial charge on any atom is -0.453 e. The molecule has 0 aliphatic rings. The van der Waals surface area contributed by atoms with Gasteiger partial charge in [0.2, 0.25) is 0 Å². The smallest absolute Gasteiger partial charge is 0.407 e. The van der Waals surface area contributed by atoms with E-state index in [0.29, 0.717) is 6.42 Å². The molecule has 0 bridgehead atoms. The molecule has 0 aliphatic heterocycles. The molecular weight excluding hydrogens is 186 g/mol. The third-order valence-electron chi connectivity index (χ3n) is 1.97. The van der Waals surface area contributed by atoms with Crippen LogP contribution >= 0.6 is 0 Å². The van der Waals surface area contributed by atoms with Crippen LogP contribution in [0.15, 0.2) is 0 Å². The van der Waals surface area contributed by atoms with Crippen LogP contribution in [0.3, 0.4) is 0 Å². The van der Waals surface area contributed by atoms with Crippen LogP contribution in [0.5, 0.6) is 0 Å². The van der Waals surface area contributed by atoms with Gasteiger partial charge in [0.25, 0.3) is 0 Å². The minimum absolute atomic E-state index is 0.149. The molecule has 82 valence electrons. The fraction of sp³-hybridized carbons (Fsp3) is 0.778. The second kappa shape index (κ2) is 6.37. The van der Waals surface area contributed by atoms with Crippen molar-refractivity contribution in [2.24, 2.45) is 0 Å². The minimum atomic E-state index is -0.641. The molecule has 0 radical (unpaired) electrons. The highest BCUT2D eigenvalue weighted by Crippen LogP contribution is 2.04. The lowest BCUT2D eigenvalue weighted by molar-refractivity contribution is -0.122. The highest BCUT2D eigenvalue weighted by molar-refractivity contribution is 5.86. The zero-order valence-corrected chi connectivity index (χ0v) is 8.99. The molecule has 0 aromatic heterocycles. The molecule has 1 amide bonds. The predicted molar refractivity (Wildman–Crippen MR) is 51.1 cm³/mol. The number of amides is 1. The van der Waals surface area contributed by atoms with E-state index in [2.05, 4.69) is 10.1 Å². The number of nitrogens with one attached hydrogen (secondary N) is 1. The largest absolute Gasteiger partial charge is 0.453 e. The number of hydrogen-bond donors (Lipinski definition) is 1. The average molecular weight is 203 g/mol. The lowest BCUT2D eigenvalue weighted by atomic mass is 10.1. The molecule has 0 unspecified atom stereocenters. The normalized spacial score (nSPS) is 14.3. The Morgan fingerprint density at radius 3 is 2.21 bits per heavy atom. The van der Waals surface area contributed by atoms with Crippen molar-refractivity contribution in [1.29, 1.82) is 0 Å². The van der Waals surface area contributed by atoms with Crippen LogP contribution in [0.4, 0.5) is 4.79 Å². The Bertz CT molecular complexity index is 201. The zero-order chi connectivity index (χ0) is 11.1. The molecule has 0 saturated heterocycles. The molecule has 2 atom stereocenters. The lowest BCUT2D eigenvalue weighted by Gasteiger charge is -2.22. The first kappa shape index (κ1) is 12.9. The number of Topliss-reactive ketones (excluding diaryl/α,β-unsaturated/α-hetero) is 1. The first-order chi connectivity index (χ1) is 6.56. The summed E-state index contributed by atoms with van der Waals surface area (Å²) in [6.07, 6.45) is -0.294. The van der Waals surface area contributed by atoms with Crippen LogP contribution in [0.2, 0.25) is 0 Å². The maximum Gasteiger partial charge on any atom is 0.407 e. The van der Waals surface area contributed by atoms with Crippen molar-refractivity contribution in [2.75, 3.05) is 14.2 Å². The van der Waals surface area contributed by atoms with Crippen molar-refractivity contribution in [3.63, 3.8) is 0 Å². The molecule has 0 aromatic carbocycles. The third kappa shape index (κ3) is 3.74. The van der Waals surface area contributed by atoms with Gasteiger partial charge in [-0.1, -0.05) is 6.92 Å². The van der Waals surface area contributed by atoms with Gasteiger partial charge in [-0.15, -0.1) is 0 Å². The summed E-state index contributed by atoms with van der Waals surface area (Å²) in [5.74, 6) is -0.149. The first-order valence-corrected chi connectivity index (χ1v) is 4.44. The second-order valence-corrected chi connectivity index (χ2v) is 2.91. The van der Waals surface area contributed by atoms with E-state index < -0.39 is 12.1 Å². The SMILES string of the molecule is CC[C@H](OC)[C@H](NC(=O)OC)C(C)=O. The van der Waals surface area contributed by atoms with Crippen LogP contribution in [0.25, 0.3) is 0 Å².